The first-order valence-electron chi connectivity index (χ1n) is 9.36. The Labute approximate surface area is 132 Å². The Kier molecular flexibility index (Phi) is 7.48. The lowest BCUT2D eigenvalue weighted by atomic mass is 9.89. The largest absolute Gasteiger partial charge is 0.312 e. The minimum absolute atomic E-state index is 0.718. The van der Waals surface area contributed by atoms with Gasteiger partial charge in [-0.15, -0.1) is 0 Å². The van der Waals surface area contributed by atoms with Gasteiger partial charge in [-0.25, -0.2) is 0 Å². The van der Waals surface area contributed by atoms with Gasteiger partial charge in [-0.3, -0.25) is 4.90 Å². The third-order valence-corrected chi connectivity index (χ3v) is 5.67. The molecule has 0 aromatic heterocycles. The van der Waals surface area contributed by atoms with Crippen LogP contribution < -0.4 is 5.32 Å². The van der Waals surface area contributed by atoms with E-state index in [1.165, 1.54) is 77.4 Å². The van der Waals surface area contributed by atoms with Crippen LogP contribution in [0.5, 0.6) is 0 Å². The lowest BCUT2D eigenvalue weighted by molar-refractivity contribution is 0.0761. The molecule has 124 valence electrons. The third-order valence-electron chi connectivity index (χ3n) is 5.67. The monoisotopic (exact) mass is 295 g/mol. The summed E-state index contributed by atoms with van der Waals surface area (Å²) < 4.78 is 0. The van der Waals surface area contributed by atoms with Crippen LogP contribution in [0.3, 0.4) is 0 Å². The van der Waals surface area contributed by atoms with E-state index in [1.807, 2.05) is 0 Å². The Hall–Kier alpha value is -0.120. The van der Waals surface area contributed by atoms with Crippen molar-refractivity contribution in [2.45, 2.75) is 82.8 Å². The van der Waals surface area contributed by atoms with Crippen LogP contribution in [0, 0.1) is 0 Å². The molecule has 0 bridgehead atoms. The molecule has 2 rings (SSSR count). The molecule has 1 aliphatic carbocycles. The fourth-order valence-electron chi connectivity index (χ4n) is 4.19. The van der Waals surface area contributed by atoms with Gasteiger partial charge in [-0.1, -0.05) is 32.6 Å². The molecule has 1 N–H and O–H groups in total. The highest BCUT2D eigenvalue weighted by atomic mass is 15.2. The number of rotatable bonds is 5. The summed E-state index contributed by atoms with van der Waals surface area (Å²) in [5, 5.41) is 3.87. The van der Waals surface area contributed by atoms with E-state index in [0.717, 1.165) is 18.1 Å². The van der Waals surface area contributed by atoms with Crippen molar-refractivity contribution < 1.29 is 0 Å². The highest BCUT2D eigenvalue weighted by Gasteiger charge is 2.31. The molecule has 0 radical (unpaired) electrons. The Morgan fingerprint density at radius 2 is 1.67 bits per heavy atom. The van der Waals surface area contributed by atoms with Crippen LogP contribution in [0.15, 0.2) is 0 Å². The standard InChI is InChI=1S/C18H37N3/c1-4-13-19-17-9-7-5-6-8-10-18(17)21(3)16-11-14-20(2)15-12-16/h16-19H,4-15H2,1-3H3. The zero-order chi connectivity index (χ0) is 15.1. The van der Waals surface area contributed by atoms with Gasteiger partial charge in [0, 0.05) is 18.1 Å². The number of hydrogen-bond donors (Lipinski definition) is 1. The smallest absolute Gasteiger partial charge is 0.0249 e. The topological polar surface area (TPSA) is 18.5 Å². The van der Waals surface area contributed by atoms with Gasteiger partial charge in [0.05, 0.1) is 0 Å². The average molecular weight is 296 g/mol. The second kappa shape index (κ2) is 9.12. The van der Waals surface area contributed by atoms with Gasteiger partial charge in [0.15, 0.2) is 0 Å². The van der Waals surface area contributed by atoms with Gasteiger partial charge >= 0.3 is 0 Å². The van der Waals surface area contributed by atoms with Gasteiger partial charge in [-0.2, -0.15) is 0 Å². The predicted octanol–water partition coefficient (Wildman–Crippen LogP) is 3.10. The Morgan fingerprint density at radius 1 is 1.00 bits per heavy atom. The molecule has 21 heavy (non-hydrogen) atoms. The predicted molar refractivity (Wildman–Crippen MR) is 91.9 cm³/mol. The van der Waals surface area contributed by atoms with Crippen molar-refractivity contribution in [3.8, 4) is 0 Å². The van der Waals surface area contributed by atoms with E-state index in [2.05, 4.69) is 36.1 Å². The van der Waals surface area contributed by atoms with Crippen LogP contribution in [-0.2, 0) is 0 Å². The molecular formula is C18H37N3. The second-order valence-electron chi connectivity index (χ2n) is 7.32. The number of nitrogens with one attached hydrogen (secondary N) is 1. The molecule has 0 aromatic rings. The van der Waals surface area contributed by atoms with Crippen LogP contribution >= 0.6 is 0 Å². The SMILES string of the molecule is CCCNC1CCCCCCC1N(C)C1CCN(C)CC1. The molecule has 2 aliphatic rings. The van der Waals surface area contributed by atoms with E-state index in [0.29, 0.717) is 0 Å². The second-order valence-corrected chi connectivity index (χ2v) is 7.32. The summed E-state index contributed by atoms with van der Waals surface area (Å²) in [6.07, 6.45) is 12.4. The van der Waals surface area contributed by atoms with Crippen molar-refractivity contribution in [2.24, 2.45) is 0 Å². The van der Waals surface area contributed by atoms with E-state index in [1.54, 1.807) is 0 Å². The molecule has 0 spiro atoms. The molecule has 0 amide bonds. The molecule has 0 aromatic carbocycles. The summed E-state index contributed by atoms with van der Waals surface area (Å²) in [5.41, 5.74) is 0. The molecule has 3 nitrogen and oxygen atoms in total. The zero-order valence-electron chi connectivity index (χ0n) is 14.6. The van der Waals surface area contributed by atoms with Crippen LogP contribution in [0.2, 0.25) is 0 Å². The van der Waals surface area contributed by atoms with E-state index >= 15 is 0 Å². The highest BCUT2D eigenvalue weighted by molar-refractivity contribution is 4.89. The Bertz CT molecular complexity index is 272. The summed E-state index contributed by atoms with van der Waals surface area (Å²) >= 11 is 0. The molecule has 2 atom stereocenters. The molecule has 1 heterocycles. The van der Waals surface area contributed by atoms with E-state index in [9.17, 15) is 0 Å². The molecule has 2 unspecified atom stereocenters. The third kappa shape index (κ3) is 5.22. The van der Waals surface area contributed by atoms with E-state index in [-0.39, 0.29) is 0 Å². The van der Waals surface area contributed by atoms with Gasteiger partial charge in [-0.05, 0) is 65.8 Å². The van der Waals surface area contributed by atoms with Crippen molar-refractivity contribution in [2.75, 3.05) is 33.7 Å². The Morgan fingerprint density at radius 3 is 2.33 bits per heavy atom. The normalized spacial score (nSPS) is 30.3. The number of likely N-dealkylation sites (tertiary alicyclic amines) is 1. The van der Waals surface area contributed by atoms with E-state index < -0.39 is 0 Å². The average Bonchev–Trinajstić information content (AvgIpc) is 2.47. The fraction of sp³-hybridized carbons (Fsp3) is 1.00. The van der Waals surface area contributed by atoms with Crippen molar-refractivity contribution in [3.05, 3.63) is 0 Å². The van der Waals surface area contributed by atoms with Crippen LogP contribution in [0.1, 0.15) is 64.7 Å². The number of piperidine rings is 1. The molecule has 2 fully saturated rings. The Balaban J connectivity index is 1.96. The van der Waals surface area contributed by atoms with Crippen LogP contribution in [0.25, 0.3) is 0 Å². The molecule has 1 aliphatic heterocycles. The van der Waals surface area contributed by atoms with Gasteiger partial charge in [0.1, 0.15) is 0 Å². The molecule has 3 heteroatoms. The first kappa shape index (κ1) is 17.2. The van der Waals surface area contributed by atoms with E-state index in [4.69, 9.17) is 0 Å². The number of nitrogens with zero attached hydrogens (tertiary/aromatic N) is 2. The highest BCUT2D eigenvalue weighted by Crippen LogP contribution is 2.25. The van der Waals surface area contributed by atoms with Gasteiger partial charge in [0.25, 0.3) is 0 Å². The van der Waals surface area contributed by atoms with Crippen molar-refractivity contribution in [1.29, 1.82) is 0 Å². The van der Waals surface area contributed by atoms with Crippen molar-refractivity contribution in [3.63, 3.8) is 0 Å². The first-order chi connectivity index (χ1) is 10.2. The fourth-order valence-corrected chi connectivity index (χ4v) is 4.19. The maximum atomic E-state index is 3.87. The summed E-state index contributed by atoms with van der Waals surface area (Å²) in [6, 6.07) is 2.27. The van der Waals surface area contributed by atoms with Crippen molar-refractivity contribution in [1.82, 2.24) is 15.1 Å². The lowest BCUT2D eigenvalue weighted by Gasteiger charge is -2.43. The zero-order valence-corrected chi connectivity index (χ0v) is 14.6. The quantitative estimate of drug-likeness (QED) is 0.841. The van der Waals surface area contributed by atoms with Crippen LogP contribution in [-0.4, -0.2) is 61.7 Å². The summed E-state index contributed by atoms with van der Waals surface area (Å²) in [6.45, 7) is 6.01. The van der Waals surface area contributed by atoms with Gasteiger partial charge < -0.3 is 10.2 Å². The lowest BCUT2D eigenvalue weighted by Crippen LogP contribution is -2.54. The molecule has 1 saturated carbocycles. The van der Waals surface area contributed by atoms with Gasteiger partial charge in [0.2, 0.25) is 0 Å². The summed E-state index contributed by atoms with van der Waals surface area (Å²) in [4.78, 5) is 5.24. The van der Waals surface area contributed by atoms with Crippen LogP contribution in [0.4, 0.5) is 0 Å². The minimum Gasteiger partial charge on any atom is -0.312 e. The molecular weight excluding hydrogens is 258 g/mol. The first-order valence-corrected chi connectivity index (χ1v) is 9.36. The maximum Gasteiger partial charge on any atom is 0.0249 e. The minimum atomic E-state index is 0.718. The number of likely N-dealkylation sites (N-methyl/N-ethyl adjacent to an activating group) is 1. The summed E-state index contributed by atoms with van der Waals surface area (Å²) in [5.74, 6) is 0. The number of hydrogen-bond acceptors (Lipinski definition) is 3. The maximum absolute atomic E-state index is 3.87. The summed E-state index contributed by atoms with van der Waals surface area (Å²) in [7, 11) is 4.67. The molecule has 1 saturated heterocycles. The van der Waals surface area contributed by atoms with Crippen molar-refractivity contribution >= 4 is 0 Å².